The number of nitrogens with zero attached hydrogens (tertiary/aromatic N) is 2. The highest BCUT2D eigenvalue weighted by atomic mass is 16.6. The van der Waals surface area contributed by atoms with Gasteiger partial charge in [0.2, 0.25) is 0 Å². The average molecular weight is 307 g/mol. The van der Waals surface area contributed by atoms with Gasteiger partial charge in [-0.25, -0.2) is 4.79 Å². The van der Waals surface area contributed by atoms with Crippen LogP contribution >= 0.6 is 0 Å². The molecule has 1 aromatic rings. The molecule has 0 spiro atoms. The van der Waals surface area contributed by atoms with Crippen LogP contribution in [0.1, 0.15) is 26.5 Å². The molecular formula is C16H25N3O3. The molecule has 0 radical (unpaired) electrons. The minimum atomic E-state index is -0.523. The van der Waals surface area contributed by atoms with Crippen molar-refractivity contribution in [3.8, 4) is 0 Å². The van der Waals surface area contributed by atoms with Gasteiger partial charge in [-0.05, 0) is 32.9 Å². The third kappa shape index (κ3) is 4.68. The molecule has 2 unspecified atom stereocenters. The van der Waals surface area contributed by atoms with Gasteiger partial charge < -0.3 is 15.2 Å². The van der Waals surface area contributed by atoms with E-state index in [1.807, 2.05) is 39.0 Å². The van der Waals surface area contributed by atoms with Gasteiger partial charge in [-0.2, -0.15) is 0 Å². The molecule has 0 aliphatic carbocycles. The summed E-state index contributed by atoms with van der Waals surface area (Å²) < 4.78 is 11.0. The number of hydrogen-bond acceptors (Lipinski definition) is 5. The van der Waals surface area contributed by atoms with Gasteiger partial charge in [-0.3, -0.25) is 9.88 Å². The molecule has 0 saturated carbocycles. The molecular weight excluding hydrogens is 282 g/mol. The first-order valence-corrected chi connectivity index (χ1v) is 7.59. The zero-order chi connectivity index (χ0) is 16.2. The third-order valence-electron chi connectivity index (χ3n) is 3.46. The predicted octanol–water partition coefficient (Wildman–Crippen LogP) is 1.59. The summed E-state index contributed by atoms with van der Waals surface area (Å²) in [7, 11) is 0. The first-order chi connectivity index (χ1) is 10.4. The van der Waals surface area contributed by atoms with Crippen molar-refractivity contribution in [2.24, 2.45) is 5.73 Å². The number of morpholine rings is 1. The maximum absolute atomic E-state index is 12.4. The number of nitrogens with two attached hydrogens (primary N) is 1. The molecule has 0 aromatic carbocycles. The van der Waals surface area contributed by atoms with Crippen LogP contribution in [0.3, 0.4) is 0 Å². The Bertz CT molecular complexity index is 487. The maximum Gasteiger partial charge on any atom is 0.410 e. The van der Waals surface area contributed by atoms with E-state index in [0.717, 1.165) is 5.69 Å². The van der Waals surface area contributed by atoms with Crippen LogP contribution < -0.4 is 5.73 Å². The molecule has 2 atom stereocenters. The first kappa shape index (κ1) is 16.7. The van der Waals surface area contributed by atoms with Crippen molar-refractivity contribution in [3.05, 3.63) is 30.1 Å². The van der Waals surface area contributed by atoms with Gasteiger partial charge in [0.05, 0.1) is 19.3 Å². The normalized spacial score (nSPS) is 20.5. The molecule has 6 nitrogen and oxygen atoms in total. The van der Waals surface area contributed by atoms with Gasteiger partial charge in [0, 0.05) is 30.9 Å². The minimum absolute atomic E-state index is 0.203. The molecule has 1 aliphatic heterocycles. The fraction of sp³-hybridized carbons (Fsp3) is 0.625. The molecule has 1 saturated heterocycles. The van der Waals surface area contributed by atoms with Crippen LogP contribution in [0.25, 0.3) is 0 Å². The molecule has 1 aromatic heterocycles. The van der Waals surface area contributed by atoms with E-state index in [-0.39, 0.29) is 18.2 Å². The van der Waals surface area contributed by atoms with Crippen LogP contribution in [0.4, 0.5) is 4.79 Å². The highest BCUT2D eigenvalue weighted by molar-refractivity contribution is 5.68. The van der Waals surface area contributed by atoms with Crippen molar-refractivity contribution >= 4 is 6.09 Å². The molecule has 122 valence electrons. The molecule has 2 heterocycles. The Kier molecular flexibility index (Phi) is 5.37. The van der Waals surface area contributed by atoms with Crippen molar-refractivity contribution in [2.75, 3.05) is 19.8 Å². The predicted molar refractivity (Wildman–Crippen MR) is 83.5 cm³/mol. The summed E-state index contributed by atoms with van der Waals surface area (Å²) in [4.78, 5) is 18.3. The number of amides is 1. The Morgan fingerprint density at radius 1 is 1.55 bits per heavy atom. The number of ether oxygens (including phenoxy) is 2. The van der Waals surface area contributed by atoms with E-state index < -0.39 is 5.60 Å². The zero-order valence-electron chi connectivity index (χ0n) is 13.5. The quantitative estimate of drug-likeness (QED) is 0.917. The Morgan fingerprint density at radius 3 is 2.95 bits per heavy atom. The van der Waals surface area contributed by atoms with Crippen LogP contribution in [0, 0.1) is 0 Å². The van der Waals surface area contributed by atoms with E-state index in [1.54, 1.807) is 11.1 Å². The molecule has 1 aliphatic rings. The lowest BCUT2D eigenvalue weighted by atomic mass is 10.0. The summed E-state index contributed by atoms with van der Waals surface area (Å²) >= 11 is 0. The summed E-state index contributed by atoms with van der Waals surface area (Å²) in [6.07, 6.45) is 2.00. The van der Waals surface area contributed by atoms with Gasteiger partial charge in [-0.15, -0.1) is 0 Å². The molecule has 1 fully saturated rings. The molecule has 2 rings (SSSR count). The van der Waals surface area contributed by atoms with E-state index in [1.165, 1.54) is 0 Å². The van der Waals surface area contributed by atoms with E-state index in [2.05, 4.69) is 4.98 Å². The summed E-state index contributed by atoms with van der Waals surface area (Å²) in [5.74, 6) is 0. The highest BCUT2D eigenvalue weighted by Gasteiger charge is 2.34. The van der Waals surface area contributed by atoms with Crippen molar-refractivity contribution < 1.29 is 14.3 Å². The fourth-order valence-electron chi connectivity index (χ4n) is 2.42. The molecule has 2 N–H and O–H groups in total. The van der Waals surface area contributed by atoms with Gasteiger partial charge in [0.15, 0.2) is 0 Å². The summed E-state index contributed by atoms with van der Waals surface area (Å²) in [6, 6.07) is 5.28. The standard InChI is InChI=1S/C16H25N3O3/c1-16(2,3)22-15(20)19-8-9-21-11-14(19)13(17)10-12-6-4-5-7-18-12/h4-7,13-14H,8-11,17H2,1-3H3. The second-order valence-corrected chi connectivity index (χ2v) is 6.51. The molecule has 6 heteroatoms. The Balaban J connectivity index is 2.04. The SMILES string of the molecule is CC(C)(C)OC(=O)N1CCOCC1C(N)Cc1ccccn1. The number of rotatable bonds is 3. The smallest absolute Gasteiger partial charge is 0.410 e. The topological polar surface area (TPSA) is 77.7 Å². The minimum Gasteiger partial charge on any atom is -0.444 e. The fourth-order valence-corrected chi connectivity index (χ4v) is 2.42. The monoisotopic (exact) mass is 307 g/mol. The molecule has 22 heavy (non-hydrogen) atoms. The maximum atomic E-state index is 12.4. The zero-order valence-corrected chi connectivity index (χ0v) is 13.5. The first-order valence-electron chi connectivity index (χ1n) is 7.59. The van der Waals surface area contributed by atoms with Gasteiger partial charge in [-0.1, -0.05) is 6.07 Å². The van der Waals surface area contributed by atoms with E-state index >= 15 is 0 Å². The van der Waals surface area contributed by atoms with Crippen molar-refractivity contribution in [1.29, 1.82) is 0 Å². The number of carbonyl (C=O) groups excluding carboxylic acids is 1. The lowest BCUT2D eigenvalue weighted by Gasteiger charge is -2.39. The van der Waals surface area contributed by atoms with E-state index in [9.17, 15) is 4.79 Å². The Hall–Kier alpha value is -1.66. The summed E-state index contributed by atoms with van der Waals surface area (Å²) in [5.41, 5.74) is 6.69. The average Bonchev–Trinajstić information content (AvgIpc) is 2.46. The van der Waals surface area contributed by atoms with E-state index in [0.29, 0.717) is 26.2 Å². The lowest BCUT2D eigenvalue weighted by molar-refractivity contribution is -0.0379. The Labute approximate surface area is 131 Å². The van der Waals surface area contributed by atoms with Crippen molar-refractivity contribution in [2.45, 2.75) is 44.9 Å². The molecule has 1 amide bonds. The van der Waals surface area contributed by atoms with Crippen LogP contribution in [0.5, 0.6) is 0 Å². The number of hydrogen-bond donors (Lipinski definition) is 1. The highest BCUT2D eigenvalue weighted by Crippen LogP contribution is 2.17. The summed E-state index contributed by atoms with van der Waals surface area (Å²) in [6.45, 7) is 6.99. The van der Waals surface area contributed by atoms with Gasteiger partial charge in [0.25, 0.3) is 0 Å². The van der Waals surface area contributed by atoms with Crippen LogP contribution in [-0.2, 0) is 15.9 Å². The molecule has 0 bridgehead atoms. The Morgan fingerprint density at radius 2 is 2.32 bits per heavy atom. The number of pyridine rings is 1. The van der Waals surface area contributed by atoms with E-state index in [4.69, 9.17) is 15.2 Å². The number of carbonyl (C=O) groups is 1. The second kappa shape index (κ2) is 7.07. The van der Waals surface area contributed by atoms with Crippen molar-refractivity contribution in [1.82, 2.24) is 9.88 Å². The number of aromatic nitrogens is 1. The van der Waals surface area contributed by atoms with Gasteiger partial charge in [0.1, 0.15) is 5.60 Å². The summed E-state index contributed by atoms with van der Waals surface area (Å²) in [5, 5.41) is 0. The third-order valence-corrected chi connectivity index (χ3v) is 3.46. The van der Waals surface area contributed by atoms with Gasteiger partial charge >= 0.3 is 6.09 Å². The van der Waals surface area contributed by atoms with Crippen LogP contribution in [-0.4, -0.2) is 53.4 Å². The van der Waals surface area contributed by atoms with Crippen molar-refractivity contribution in [3.63, 3.8) is 0 Å². The van der Waals surface area contributed by atoms with Crippen LogP contribution in [0.2, 0.25) is 0 Å². The van der Waals surface area contributed by atoms with Crippen LogP contribution in [0.15, 0.2) is 24.4 Å². The lowest BCUT2D eigenvalue weighted by Crippen LogP contribution is -2.58. The largest absolute Gasteiger partial charge is 0.444 e. The second-order valence-electron chi connectivity index (χ2n) is 6.51.